The van der Waals surface area contributed by atoms with Gasteiger partial charge in [-0.05, 0) is 56.7 Å². The first-order valence-electron chi connectivity index (χ1n) is 12.9. The van der Waals surface area contributed by atoms with E-state index in [0.717, 1.165) is 39.2 Å². The molecule has 1 aromatic carbocycles. The number of fused-ring (bicyclic) bond motifs is 11. The van der Waals surface area contributed by atoms with Crippen molar-refractivity contribution >= 4 is 17.1 Å². The van der Waals surface area contributed by atoms with Crippen molar-refractivity contribution in [1.29, 1.82) is 0 Å². The van der Waals surface area contributed by atoms with Gasteiger partial charge in [0.1, 0.15) is 17.3 Å². The average Bonchev–Trinajstić information content (AvgIpc) is 3.16. The van der Waals surface area contributed by atoms with Gasteiger partial charge in [-0.2, -0.15) is 9.13 Å². The topological polar surface area (TPSA) is 36.4 Å². The number of allylic oxidation sites excluding steroid dienone is 1. The van der Waals surface area contributed by atoms with Gasteiger partial charge in [-0.15, -0.1) is 0 Å². The summed E-state index contributed by atoms with van der Waals surface area (Å²) in [6, 6.07) is 20.1. The van der Waals surface area contributed by atoms with Gasteiger partial charge in [-0.25, -0.2) is 4.98 Å². The third-order valence-electron chi connectivity index (χ3n) is 8.23. The molecule has 2 aliphatic heterocycles. The van der Waals surface area contributed by atoms with Crippen molar-refractivity contribution in [3.8, 4) is 22.5 Å². The van der Waals surface area contributed by atoms with Crippen LogP contribution in [0, 0.1) is 20.8 Å². The highest BCUT2D eigenvalue weighted by Crippen LogP contribution is 2.49. The molecule has 0 saturated heterocycles. The third-order valence-corrected chi connectivity index (χ3v) is 8.23. The zero-order chi connectivity index (χ0) is 25.4. The van der Waals surface area contributed by atoms with Gasteiger partial charge in [0.15, 0.2) is 18.4 Å². The van der Waals surface area contributed by atoms with Crippen LogP contribution in [-0.2, 0) is 0 Å². The number of hydrogen-bond donors (Lipinski definition) is 1. The molecule has 5 aromatic rings. The van der Waals surface area contributed by atoms with Crippen molar-refractivity contribution in [2.45, 2.75) is 38.8 Å². The van der Waals surface area contributed by atoms with Gasteiger partial charge >= 0.3 is 0 Å². The summed E-state index contributed by atoms with van der Waals surface area (Å²) >= 11 is 0. The highest BCUT2D eigenvalue weighted by Gasteiger charge is 2.52. The van der Waals surface area contributed by atoms with Gasteiger partial charge in [0, 0.05) is 39.9 Å². The summed E-state index contributed by atoms with van der Waals surface area (Å²) in [5.74, 6) is 0.125. The van der Waals surface area contributed by atoms with Crippen LogP contribution in [0.3, 0.4) is 0 Å². The first-order valence-corrected chi connectivity index (χ1v) is 12.9. The maximum Gasteiger partial charge on any atom is 0.215 e. The molecule has 6 heterocycles. The van der Waals surface area contributed by atoms with E-state index in [-0.39, 0.29) is 18.0 Å². The maximum absolute atomic E-state index is 5.41. The number of hydrogen-bond acceptors (Lipinski definition) is 1. The second-order valence-corrected chi connectivity index (χ2v) is 10.5. The monoisotopic (exact) mass is 482 g/mol. The molecular formula is C33H30N4+2. The minimum Gasteiger partial charge on any atom is -0.343 e. The smallest absolute Gasteiger partial charge is 0.215 e. The first-order chi connectivity index (χ1) is 18.0. The number of benzene rings is 1. The van der Waals surface area contributed by atoms with E-state index in [1.165, 1.54) is 27.9 Å². The maximum atomic E-state index is 5.41. The fraction of sp³-hybridized carbons (Fsp3) is 0.182. The summed E-state index contributed by atoms with van der Waals surface area (Å²) in [5, 5.41) is 1.11. The van der Waals surface area contributed by atoms with Gasteiger partial charge in [-0.1, -0.05) is 37.4 Å². The van der Waals surface area contributed by atoms with E-state index < -0.39 is 0 Å². The van der Waals surface area contributed by atoms with Gasteiger partial charge in [-0.3, -0.25) is 0 Å². The van der Waals surface area contributed by atoms with E-state index >= 15 is 0 Å². The molecular weight excluding hydrogens is 452 g/mol. The van der Waals surface area contributed by atoms with Crippen LogP contribution in [0.15, 0.2) is 86.2 Å². The standard InChI is InChI=1S/C33H29N4/c1-6-22-21(5)34-33-25(22)16-26-29-15-13-19(3)17-36(29)27(7-2)30-24-11-9-8-10-23(24)28-14-12-20(4)18-37(28)32(30)31(26)35-33/h6-18,27,30,32H,1-2H2,3-5H3/q+1/p+1. The Kier molecular flexibility index (Phi) is 4.65. The number of nitrogens with one attached hydrogen (secondary N) is 1. The number of H-pyrrole nitrogens is 1. The molecule has 0 radical (unpaired) electrons. The predicted octanol–water partition coefficient (Wildman–Crippen LogP) is 6.47. The molecule has 4 aromatic heterocycles. The van der Waals surface area contributed by atoms with E-state index in [0.29, 0.717) is 0 Å². The van der Waals surface area contributed by atoms with E-state index in [9.17, 15) is 0 Å². The van der Waals surface area contributed by atoms with E-state index in [2.05, 4.69) is 121 Å². The van der Waals surface area contributed by atoms with Gasteiger partial charge < -0.3 is 4.98 Å². The Balaban J connectivity index is 1.67. The van der Waals surface area contributed by atoms with Crippen LogP contribution in [0.25, 0.3) is 39.6 Å². The lowest BCUT2D eigenvalue weighted by atomic mass is 9.77. The van der Waals surface area contributed by atoms with Crippen LogP contribution in [0.1, 0.15) is 51.6 Å². The number of pyridine rings is 3. The molecule has 0 saturated carbocycles. The van der Waals surface area contributed by atoms with E-state index in [1.54, 1.807) is 0 Å². The van der Waals surface area contributed by atoms with Crippen molar-refractivity contribution in [2.24, 2.45) is 0 Å². The quantitative estimate of drug-likeness (QED) is 0.227. The molecule has 0 spiro atoms. The summed E-state index contributed by atoms with van der Waals surface area (Å²) in [5.41, 5.74) is 12.8. The van der Waals surface area contributed by atoms with E-state index in [4.69, 9.17) is 4.98 Å². The summed E-state index contributed by atoms with van der Waals surface area (Å²) in [4.78, 5) is 8.95. The van der Waals surface area contributed by atoms with Crippen LogP contribution >= 0.6 is 0 Å². The molecule has 4 heteroatoms. The Bertz CT molecular complexity index is 1770. The summed E-state index contributed by atoms with van der Waals surface area (Å²) in [6.07, 6.45) is 8.62. The summed E-state index contributed by atoms with van der Waals surface area (Å²) < 4.78 is 4.88. The van der Waals surface area contributed by atoms with Gasteiger partial charge in [0.25, 0.3) is 0 Å². The molecule has 37 heavy (non-hydrogen) atoms. The van der Waals surface area contributed by atoms with Crippen molar-refractivity contribution in [2.75, 3.05) is 0 Å². The molecule has 0 fully saturated rings. The zero-order valence-corrected chi connectivity index (χ0v) is 21.5. The fourth-order valence-electron chi connectivity index (χ4n) is 6.63. The molecule has 1 N–H and O–H groups in total. The SMILES string of the molecule is C=Cc1c(C)[nH]c2nc3c(cc12)-c1ccc(C)c[n+]1C(C=C)C1c2ccccc2-c2ccc(C)c[n+]2C31. The average molecular weight is 483 g/mol. The van der Waals surface area contributed by atoms with Crippen molar-refractivity contribution in [3.63, 3.8) is 0 Å². The first kappa shape index (κ1) is 21.9. The van der Waals surface area contributed by atoms with E-state index in [1.807, 2.05) is 6.08 Å². The van der Waals surface area contributed by atoms with Crippen LogP contribution in [0.2, 0.25) is 0 Å². The summed E-state index contributed by atoms with van der Waals surface area (Å²) in [7, 11) is 0. The van der Waals surface area contributed by atoms with Crippen molar-refractivity contribution in [1.82, 2.24) is 9.97 Å². The largest absolute Gasteiger partial charge is 0.343 e. The Hall–Kier alpha value is -4.31. The Morgan fingerprint density at radius 2 is 1.57 bits per heavy atom. The van der Waals surface area contributed by atoms with Gasteiger partial charge in [0.2, 0.25) is 17.4 Å². The van der Waals surface area contributed by atoms with Crippen molar-refractivity contribution in [3.05, 3.63) is 120 Å². The fourth-order valence-corrected chi connectivity index (χ4v) is 6.63. The Morgan fingerprint density at radius 1 is 0.865 bits per heavy atom. The molecule has 0 amide bonds. The van der Waals surface area contributed by atoms with Crippen LogP contribution < -0.4 is 9.13 Å². The van der Waals surface area contributed by atoms with Crippen LogP contribution in [-0.4, -0.2) is 9.97 Å². The van der Waals surface area contributed by atoms with Crippen molar-refractivity contribution < 1.29 is 9.13 Å². The molecule has 2 aliphatic rings. The highest BCUT2D eigenvalue weighted by molar-refractivity contribution is 5.91. The lowest BCUT2D eigenvalue weighted by molar-refractivity contribution is -0.739. The molecule has 180 valence electrons. The molecule has 3 unspecified atom stereocenters. The molecule has 4 nitrogen and oxygen atoms in total. The lowest BCUT2D eigenvalue weighted by Gasteiger charge is -2.30. The minimum atomic E-state index is 0.00296. The normalized spacial score (nSPS) is 19.2. The molecule has 3 atom stereocenters. The summed E-state index contributed by atoms with van der Waals surface area (Å²) in [6.45, 7) is 14.9. The third kappa shape index (κ3) is 2.99. The predicted molar refractivity (Wildman–Crippen MR) is 148 cm³/mol. The number of rotatable bonds is 2. The number of aromatic amines is 1. The van der Waals surface area contributed by atoms with Crippen LogP contribution in [0.5, 0.6) is 0 Å². The number of nitrogens with zero attached hydrogens (tertiary/aromatic N) is 3. The molecule has 7 rings (SSSR count). The highest BCUT2D eigenvalue weighted by atomic mass is 15.1. The zero-order valence-electron chi connectivity index (χ0n) is 21.5. The molecule has 0 aliphatic carbocycles. The van der Waals surface area contributed by atoms with Gasteiger partial charge in [0.05, 0.1) is 11.1 Å². The Labute approximate surface area is 217 Å². The number of aryl methyl sites for hydroxylation is 3. The Morgan fingerprint density at radius 3 is 2.30 bits per heavy atom. The second kappa shape index (κ2) is 7.84. The molecule has 0 bridgehead atoms. The van der Waals surface area contributed by atoms with Crippen LogP contribution in [0.4, 0.5) is 0 Å². The minimum absolute atomic E-state index is 0.00296. The number of aromatic nitrogens is 4. The lowest BCUT2D eigenvalue weighted by Crippen LogP contribution is -2.53. The second-order valence-electron chi connectivity index (χ2n) is 10.5.